The standard InChI is InChI=1S/C14H16FNO3/c1-2-16(5-6-17)14(18)11-7-10-8-12(15)3-4-13(10)19-9-11/h3-4,7-8,17H,2,5-6,9H2,1H3. The summed E-state index contributed by atoms with van der Waals surface area (Å²) in [7, 11) is 0. The van der Waals surface area contributed by atoms with Crippen LogP contribution in [0.1, 0.15) is 12.5 Å². The average Bonchev–Trinajstić information content (AvgIpc) is 2.43. The van der Waals surface area contributed by atoms with Crippen molar-refractivity contribution in [3.63, 3.8) is 0 Å². The summed E-state index contributed by atoms with van der Waals surface area (Å²) in [5, 5.41) is 8.92. The highest BCUT2D eigenvalue weighted by atomic mass is 19.1. The van der Waals surface area contributed by atoms with Crippen LogP contribution in [0.3, 0.4) is 0 Å². The molecule has 0 atom stereocenters. The number of hydrogen-bond donors (Lipinski definition) is 1. The van der Waals surface area contributed by atoms with Gasteiger partial charge in [-0.2, -0.15) is 0 Å². The molecule has 0 fully saturated rings. The Balaban J connectivity index is 2.24. The predicted molar refractivity (Wildman–Crippen MR) is 69.2 cm³/mol. The van der Waals surface area contributed by atoms with Gasteiger partial charge in [-0.15, -0.1) is 0 Å². The SMILES string of the molecule is CCN(CCO)C(=O)C1=Cc2cc(F)ccc2OC1. The normalized spacial score (nSPS) is 13.3. The number of benzene rings is 1. The zero-order valence-corrected chi connectivity index (χ0v) is 10.7. The maximum Gasteiger partial charge on any atom is 0.253 e. The highest BCUT2D eigenvalue weighted by Crippen LogP contribution is 2.27. The van der Waals surface area contributed by atoms with Crippen LogP contribution in [0.15, 0.2) is 23.8 Å². The summed E-state index contributed by atoms with van der Waals surface area (Å²) in [6.45, 7) is 2.71. The number of amides is 1. The van der Waals surface area contributed by atoms with Crippen LogP contribution < -0.4 is 4.74 Å². The van der Waals surface area contributed by atoms with Crippen LogP contribution >= 0.6 is 0 Å². The zero-order valence-electron chi connectivity index (χ0n) is 10.7. The first-order valence-electron chi connectivity index (χ1n) is 6.18. The van der Waals surface area contributed by atoms with E-state index in [0.717, 1.165) is 0 Å². The van der Waals surface area contributed by atoms with E-state index in [-0.39, 0.29) is 31.5 Å². The number of nitrogens with zero attached hydrogens (tertiary/aromatic N) is 1. The molecule has 1 aliphatic heterocycles. The Morgan fingerprint density at radius 1 is 1.53 bits per heavy atom. The Morgan fingerprint density at radius 3 is 3.00 bits per heavy atom. The average molecular weight is 265 g/mol. The molecule has 0 saturated heterocycles. The van der Waals surface area contributed by atoms with Gasteiger partial charge in [-0.3, -0.25) is 4.79 Å². The van der Waals surface area contributed by atoms with Gasteiger partial charge in [0.15, 0.2) is 0 Å². The topological polar surface area (TPSA) is 49.8 Å². The fraction of sp³-hybridized carbons (Fsp3) is 0.357. The molecule has 1 heterocycles. The Hall–Kier alpha value is -1.88. The molecule has 0 spiro atoms. The van der Waals surface area contributed by atoms with E-state index in [4.69, 9.17) is 9.84 Å². The Kier molecular flexibility index (Phi) is 4.16. The molecule has 4 nitrogen and oxygen atoms in total. The van der Waals surface area contributed by atoms with Crippen molar-refractivity contribution in [2.75, 3.05) is 26.3 Å². The van der Waals surface area contributed by atoms with Crippen molar-refractivity contribution in [1.29, 1.82) is 0 Å². The molecule has 0 radical (unpaired) electrons. The molecule has 5 heteroatoms. The lowest BCUT2D eigenvalue weighted by atomic mass is 10.1. The van der Waals surface area contributed by atoms with Gasteiger partial charge in [0, 0.05) is 18.7 Å². The van der Waals surface area contributed by atoms with Crippen LogP contribution in [0, 0.1) is 5.82 Å². The lowest BCUT2D eigenvalue weighted by molar-refractivity contribution is -0.127. The largest absolute Gasteiger partial charge is 0.488 e. The first kappa shape index (κ1) is 13.5. The van der Waals surface area contributed by atoms with Gasteiger partial charge in [0.1, 0.15) is 18.2 Å². The van der Waals surface area contributed by atoms with Crippen LogP contribution in [0.2, 0.25) is 0 Å². The second kappa shape index (κ2) is 5.84. The third-order valence-corrected chi connectivity index (χ3v) is 3.00. The van der Waals surface area contributed by atoms with Gasteiger partial charge in [-0.1, -0.05) is 0 Å². The van der Waals surface area contributed by atoms with Crippen LogP contribution in [-0.4, -0.2) is 42.2 Å². The summed E-state index contributed by atoms with van der Waals surface area (Å²) in [5.41, 5.74) is 1.03. The van der Waals surface area contributed by atoms with Crippen molar-refractivity contribution in [2.45, 2.75) is 6.92 Å². The monoisotopic (exact) mass is 265 g/mol. The zero-order chi connectivity index (χ0) is 13.8. The molecule has 1 N–H and O–H groups in total. The van der Waals surface area contributed by atoms with Gasteiger partial charge in [0.2, 0.25) is 0 Å². The number of aliphatic hydroxyl groups is 1. The number of halogens is 1. The molecule has 1 aromatic carbocycles. The second-order valence-electron chi connectivity index (χ2n) is 4.25. The minimum atomic E-state index is -0.366. The second-order valence-corrected chi connectivity index (χ2v) is 4.25. The minimum absolute atomic E-state index is 0.0844. The van der Waals surface area contributed by atoms with E-state index in [1.165, 1.54) is 17.0 Å². The summed E-state index contributed by atoms with van der Waals surface area (Å²) < 4.78 is 18.6. The molecule has 0 unspecified atom stereocenters. The lowest BCUT2D eigenvalue weighted by Crippen LogP contribution is -2.36. The van der Waals surface area contributed by atoms with Crippen molar-refractivity contribution in [1.82, 2.24) is 4.90 Å². The first-order chi connectivity index (χ1) is 9.15. The molecule has 0 bridgehead atoms. The van der Waals surface area contributed by atoms with Crippen molar-refractivity contribution in [3.8, 4) is 5.75 Å². The van der Waals surface area contributed by atoms with Crippen LogP contribution in [0.5, 0.6) is 5.75 Å². The molecule has 1 amide bonds. The molecule has 0 saturated carbocycles. The number of fused-ring (bicyclic) bond motifs is 1. The molecule has 0 aliphatic carbocycles. The van der Waals surface area contributed by atoms with E-state index in [1.807, 2.05) is 6.92 Å². The van der Waals surface area contributed by atoms with Crippen molar-refractivity contribution in [3.05, 3.63) is 35.2 Å². The molecule has 2 rings (SSSR count). The third kappa shape index (κ3) is 2.93. The molecule has 102 valence electrons. The summed E-state index contributed by atoms with van der Waals surface area (Å²) in [4.78, 5) is 13.7. The third-order valence-electron chi connectivity index (χ3n) is 3.00. The first-order valence-corrected chi connectivity index (χ1v) is 6.18. The summed E-state index contributed by atoms with van der Waals surface area (Å²) in [5.74, 6) is 0.0182. The molecule has 0 aromatic heterocycles. The van der Waals surface area contributed by atoms with E-state index in [2.05, 4.69) is 0 Å². The number of carbonyl (C=O) groups is 1. The quantitative estimate of drug-likeness (QED) is 0.896. The highest BCUT2D eigenvalue weighted by molar-refractivity contribution is 5.99. The van der Waals surface area contributed by atoms with Gasteiger partial charge in [-0.05, 0) is 31.2 Å². The minimum Gasteiger partial charge on any atom is -0.488 e. The van der Waals surface area contributed by atoms with Crippen LogP contribution in [-0.2, 0) is 4.79 Å². The fourth-order valence-electron chi connectivity index (χ4n) is 2.00. The maximum absolute atomic E-state index is 13.2. The smallest absolute Gasteiger partial charge is 0.253 e. The van der Waals surface area contributed by atoms with E-state index in [0.29, 0.717) is 23.4 Å². The molecule has 1 aliphatic rings. The Morgan fingerprint density at radius 2 is 2.32 bits per heavy atom. The number of ether oxygens (including phenoxy) is 1. The fourth-order valence-corrected chi connectivity index (χ4v) is 2.00. The van der Waals surface area contributed by atoms with Gasteiger partial charge in [-0.25, -0.2) is 4.39 Å². The van der Waals surface area contributed by atoms with E-state index in [1.54, 1.807) is 12.1 Å². The highest BCUT2D eigenvalue weighted by Gasteiger charge is 2.21. The van der Waals surface area contributed by atoms with Gasteiger partial charge in [0.25, 0.3) is 5.91 Å². The van der Waals surface area contributed by atoms with Crippen molar-refractivity contribution in [2.24, 2.45) is 0 Å². The maximum atomic E-state index is 13.2. The van der Waals surface area contributed by atoms with Gasteiger partial charge >= 0.3 is 0 Å². The number of likely N-dealkylation sites (N-methyl/N-ethyl adjacent to an activating group) is 1. The van der Waals surface area contributed by atoms with Crippen LogP contribution in [0.4, 0.5) is 4.39 Å². The number of rotatable bonds is 4. The summed E-state index contributed by atoms with van der Waals surface area (Å²) in [6.07, 6.45) is 1.64. The van der Waals surface area contributed by atoms with Crippen molar-refractivity contribution < 1.29 is 19.0 Å². The summed E-state index contributed by atoms with van der Waals surface area (Å²) >= 11 is 0. The summed E-state index contributed by atoms with van der Waals surface area (Å²) in [6, 6.07) is 4.21. The van der Waals surface area contributed by atoms with Gasteiger partial charge < -0.3 is 14.7 Å². The molecule has 1 aromatic rings. The number of hydrogen-bond acceptors (Lipinski definition) is 3. The Labute approximate surface area is 111 Å². The van der Waals surface area contributed by atoms with Crippen LogP contribution in [0.25, 0.3) is 6.08 Å². The molecular formula is C14H16FNO3. The molecule has 19 heavy (non-hydrogen) atoms. The van der Waals surface area contributed by atoms with E-state index >= 15 is 0 Å². The van der Waals surface area contributed by atoms with E-state index in [9.17, 15) is 9.18 Å². The predicted octanol–water partition coefficient (Wildman–Crippen LogP) is 1.44. The number of carbonyl (C=O) groups excluding carboxylic acids is 1. The van der Waals surface area contributed by atoms with Gasteiger partial charge in [0.05, 0.1) is 12.2 Å². The Bertz CT molecular complexity index is 513. The number of aliphatic hydroxyl groups excluding tert-OH is 1. The van der Waals surface area contributed by atoms with E-state index < -0.39 is 0 Å². The lowest BCUT2D eigenvalue weighted by Gasteiger charge is -2.24. The van der Waals surface area contributed by atoms with Crippen molar-refractivity contribution >= 4 is 12.0 Å². The molecular weight excluding hydrogens is 249 g/mol.